The van der Waals surface area contributed by atoms with E-state index in [1.165, 1.54) is 0 Å². The predicted molar refractivity (Wildman–Crippen MR) is 128 cm³/mol. The van der Waals surface area contributed by atoms with Crippen LogP contribution in [0.4, 0.5) is 11.4 Å². The van der Waals surface area contributed by atoms with E-state index in [0.29, 0.717) is 27.5 Å². The Bertz CT molecular complexity index is 1200. The summed E-state index contributed by atoms with van der Waals surface area (Å²) in [5, 5.41) is 3.65. The molecule has 0 aromatic heterocycles. The summed E-state index contributed by atoms with van der Waals surface area (Å²) in [6.07, 6.45) is 0.0603. The van der Waals surface area contributed by atoms with Crippen molar-refractivity contribution in [2.75, 3.05) is 10.2 Å². The number of halogens is 1. The zero-order valence-corrected chi connectivity index (χ0v) is 18.8. The lowest BCUT2D eigenvalue weighted by Crippen LogP contribution is -2.32. The second-order valence-electron chi connectivity index (χ2n) is 7.81. The third-order valence-electron chi connectivity index (χ3n) is 5.06. The van der Waals surface area contributed by atoms with Gasteiger partial charge in [-0.05, 0) is 68.3 Å². The number of carbonyl (C=O) groups excluding carboxylic acids is 2. The Kier molecular flexibility index (Phi) is 6.01. The van der Waals surface area contributed by atoms with Gasteiger partial charge in [0.2, 0.25) is 0 Å². The number of amides is 2. The normalized spacial score (nSPS) is 13.8. The molecule has 4 rings (SSSR count). The molecule has 0 radical (unpaired) electrons. The second-order valence-corrected chi connectivity index (χ2v) is 8.22. The van der Waals surface area contributed by atoms with Crippen molar-refractivity contribution >= 4 is 40.4 Å². The van der Waals surface area contributed by atoms with Gasteiger partial charge in [0.1, 0.15) is 11.4 Å². The van der Waals surface area contributed by atoms with Crippen molar-refractivity contribution < 1.29 is 14.3 Å². The number of nitrogens with one attached hydrogen (secondary N) is 1. The van der Waals surface area contributed by atoms with Crippen molar-refractivity contribution in [3.63, 3.8) is 0 Å². The SMILES string of the molecule is Cc1ccc(N2C(=O)C(Nc3ccc(OC(C)C)cc3)=C(c3ccccc3)C2=O)cc1Cl. The van der Waals surface area contributed by atoms with Crippen LogP contribution >= 0.6 is 11.6 Å². The van der Waals surface area contributed by atoms with Crippen LogP contribution < -0.4 is 15.0 Å². The number of aryl methyl sites for hydroxylation is 1. The number of carbonyl (C=O) groups is 2. The van der Waals surface area contributed by atoms with E-state index >= 15 is 0 Å². The summed E-state index contributed by atoms with van der Waals surface area (Å²) in [6, 6.07) is 21.6. The van der Waals surface area contributed by atoms with Crippen LogP contribution in [-0.4, -0.2) is 17.9 Å². The summed E-state index contributed by atoms with van der Waals surface area (Å²) in [4.78, 5) is 28.0. The van der Waals surface area contributed by atoms with E-state index in [4.69, 9.17) is 16.3 Å². The van der Waals surface area contributed by atoms with Gasteiger partial charge in [-0.15, -0.1) is 0 Å². The van der Waals surface area contributed by atoms with Crippen molar-refractivity contribution in [3.8, 4) is 5.75 Å². The molecule has 1 N–H and O–H groups in total. The van der Waals surface area contributed by atoms with Gasteiger partial charge in [0.25, 0.3) is 11.8 Å². The molecule has 5 nitrogen and oxygen atoms in total. The highest BCUT2D eigenvalue weighted by atomic mass is 35.5. The molecule has 2 amide bonds. The van der Waals surface area contributed by atoms with Crippen molar-refractivity contribution in [2.45, 2.75) is 26.9 Å². The van der Waals surface area contributed by atoms with Crippen molar-refractivity contribution in [2.24, 2.45) is 0 Å². The fourth-order valence-corrected chi connectivity index (χ4v) is 3.68. The summed E-state index contributed by atoms with van der Waals surface area (Å²) < 4.78 is 5.68. The molecule has 6 heteroatoms. The van der Waals surface area contributed by atoms with Gasteiger partial charge in [0.05, 0.1) is 17.4 Å². The number of hydrogen-bond donors (Lipinski definition) is 1. The first-order valence-corrected chi connectivity index (χ1v) is 10.7. The van der Waals surface area contributed by atoms with Crippen LogP contribution in [0.2, 0.25) is 5.02 Å². The van der Waals surface area contributed by atoms with Crippen LogP contribution in [0, 0.1) is 6.92 Å². The van der Waals surface area contributed by atoms with Gasteiger partial charge >= 0.3 is 0 Å². The molecule has 32 heavy (non-hydrogen) atoms. The van der Waals surface area contributed by atoms with Crippen LogP contribution in [0.15, 0.2) is 78.5 Å². The number of ether oxygens (including phenoxy) is 1. The van der Waals surface area contributed by atoms with E-state index < -0.39 is 11.8 Å². The Balaban J connectivity index is 1.73. The van der Waals surface area contributed by atoms with E-state index in [-0.39, 0.29) is 11.8 Å². The average molecular weight is 447 g/mol. The summed E-state index contributed by atoms with van der Waals surface area (Å²) in [5.74, 6) is -0.104. The zero-order valence-electron chi connectivity index (χ0n) is 18.1. The minimum Gasteiger partial charge on any atom is -0.491 e. The minimum atomic E-state index is -0.434. The van der Waals surface area contributed by atoms with Gasteiger partial charge < -0.3 is 10.1 Å². The number of imide groups is 1. The molecule has 0 atom stereocenters. The van der Waals surface area contributed by atoms with Gasteiger partial charge in [0.15, 0.2) is 0 Å². The summed E-state index contributed by atoms with van der Waals surface area (Å²) in [7, 11) is 0. The number of benzene rings is 3. The molecule has 0 saturated carbocycles. The fourth-order valence-electron chi connectivity index (χ4n) is 3.51. The van der Waals surface area contributed by atoms with Crippen LogP contribution in [0.1, 0.15) is 25.0 Å². The molecule has 3 aromatic carbocycles. The fraction of sp³-hybridized carbons (Fsp3) is 0.154. The van der Waals surface area contributed by atoms with Crippen LogP contribution in [0.5, 0.6) is 5.75 Å². The molecule has 0 fully saturated rings. The number of hydrogen-bond acceptors (Lipinski definition) is 4. The summed E-state index contributed by atoms with van der Waals surface area (Å²) in [5.41, 5.74) is 3.17. The zero-order chi connectivity index (χ0) is 22.8. The first-order valence-electron chi connectivity index (χ1n) is 10.3. The quantitative estimate of drug-likeness (QED) is 0.484. The van der Waals surface area contributed by atoms with E-state index in [2.05, 4.69) is 5.32 Å². The van der Waals surface area contributed by atoms with E-state index in [9.17, 15) is 9.59 Å². The first kappa shape index (κ1) is 21.7. The highest BCUT2D eigenvalue weighted by Crippen LogP contribution is 2.35. The van der Waals surface area contributed by atoms with E-state index in [1.54, 1.807) is 18.2 Å². The largest absolute Gasteiger partial charge is 0.491 e. The topological polar surface area (TPSA) is 58.6 Å². The second kappa shape index (κ2) is 8.89. The molecule has 0 unspecified atom stereocenters. The molecule has 0 saturated heterocycles. The number of nitrogens with zero attached hydrogens (tertiary/aromatic N) is 1. The van der Waals surface area contributed by atoms with Crippen molar-refractivity contribution in [1.82, 2.24) is 0 Å². The predicted octanol–water partition coefficient (Wildman–Crippen LogP) is 5.83. The van der Waals surface area contributed by atoms with Crippen LogP contribution in [0.25, 0.3) is 5.57 Å². The van der Waals surface area contributed by atoms with Crippen molar-refractivity contribution in [1.29, 1.82) is 0 Å². The van der Waals surface area contributed by atoms with Gasteiger partial charge in [-0.2, -0.15) is 0 Å². The Morgan fingerprint density at radius 3 is 2.22 bits per heavy atom. The number of rotatable bonds is 6. The molecule has 0 spiro atoms. The minimum absolute atomic E-state index is 0.0603. The van der Waals surface area contributed by atoms with E-state index in [0.717, 1.165) is 16.2 Å². The van der Waals surface area contributed by atoms with Crippen LogP contribution in [-0.2, 0) is 9.59 Å². The first-order chi connectivity index (χ1) is 15.3. The summed E-state index contributed by atoms with van der Waals surface area (Å²) >= 11 is 6.27. The highest BCUT2D eigenvalue weighted by Gasteiger charge is 2.40. The highest BCUT2D eigenvalue weighted by molar-refractivity contribution is 6.46. The Labute approximate surface area is 192 Å². The Morgan fingerprint density at radius 2 is 1.59 bits per heavy atom. The molecule has 1 aliphatic heterocycles. The maximum Gasteiger partial charge on any atom is 0.282 e. The molecule has 3 aromatic rings. The molecule has 162 valence electrons. The van der Waals surface area contributed by atoms with Crippen molar-refractivity contribution in [3.05, 3.63) is 94.6 Å². The smallest absolute Gasteiger partial charge is 0.282 e. The maximum atomic E-state index is 13.4. The molecular formula is C26H23ClN2O3. The van der Waals surface area contributed by atoms with Gasteiger partial charge in [0, 0.05) is 10.7 Å². The Hall–Kier alpha value is -3.57. The molecule has 1 aliphatic rings. The lowest BCUT2D eigenvalue weighted by Gasteiger charge is -2.16. The van der Waals surface area contributed by atoms with Gasteiger partial charge in [-0.3, -0.25) is 9.59 Å². The molecule has 0 aliphatic carbocycles. The summed E-state index contributed by atoms with van der Waals surface area (Å²) in [6.45, 7) is 5.78. The number of anilines is 2. The maximum absolute atomic E-state index is 13.4. The van der Waals surface area contributed by atoms with E-state index in [1.807, 2.05) is 75.4 Å². The lowest BCUT2D eigenvalue weighted by atomic mass is 10.0. The Morgan fingerprint density at radius 1 is 0.906 bits per heavy atom. The lowest BCUT2D eigenvalue weighted by molar-refractivity contribution is -0.120. The monoisotopic (exact) mass is 446 g/mol. The van der Waals surface area contributed by atoms with Crippen LogP contribution in [0.3, 0.4) is 0 Å². The molecule has 1 heterocycles. The van der Waals surface area contributed by atoms with Gasteiger partial charge in [-0.1, -0.05) is 48.0 Å². The third kappa shape index (κ3) is 4.25. The standard InChI is InChI=1S/C26H23ClN2O3/c1-16(2)32-21-13-10-19(11-14-21)28-24-23(18-7-5-4-6-8-18)25(30)29(26(24)31)20-12-9-17(3)22(27)15-20/h4-16,28H,1-3H3. The van der Waals surface area contributed by atoms with Gasteiger partial charge in [-0.25, -0.2) is 4.90 Å². The average Bonchev–Trinajstić information content (AvgIpc) is 3.01. The molecule has 0 bridgehead atoms. The third-order valence-corrected chi connectivity index (χ3v) is 5.46. The molecular weight excluding hydrogens is 424 g/mol.